The molecule has 1 fully saturated rings. The zero-order valence-electron chi connectivity index (χ0n) is 14.9. The first-order valence-corrected chi connectivity index (χ1v) is 8.70. The van der Waals surface area contributed by atoms with Crippen molar-refractivity contribution in [1.29, 1.82) is 0 Å². The molecule has 0 bridgehead atoms. The van der Waals surface area contributed by atoms with Gasteiger partial charge in [0.25, 0.3) is 0 Å². The number of aliphatic hydroxyl groups is 1. The van der Waals surface area contributed by atoms with Crippen LogP contribution in [0, 0.1) is 12.8 Å². The topological polar surface area (TPSA) is 93.1 Å². The highest BCUT2D eigenvalue weighted by atomic mass is 16.5. The number of hydrogen-bond donors (Lipinski definition) is 1. The lowest BCUT2D eigenvalue weighted by Crippen LogP contribution is -2.22. The lowest BCUT2D eigenvalue weighted by molar-refractivity contribution is 0.204. The van der Waals surface area contributed by atoms with Crippen LogP contribution in [0.2, 0.25) is 0 Å². The third-order valence-electron chi connectivity index (χ3n) is 4.93. The van der Waals surface area contributed by atoms with E-state index in [1.54, 1.807) is 12.4 Å². The molecule has 1 aliphatic rings. The molecule has 1 aliphatic heterocycles. The first-order valence-electron chi connectivity index (χ1n) is 8.70. The van der Waals surface area contributed by atoms with Gasteiger partial charge in [0, 0.05) is 57.2 Å². The van der Waals surface area contributed by atoms with Crippen LogP contribution in [0.25, 0.3) is 11.4 Å². The summed E-state index contributed by atoms with van der Waals surface area (Å²) >= 11 is 0. The molecule has 0 radical (unpaired) electrons. The van der Waals surface area contributed by atoms with Gasteiger partial charge in [0.1, 0.15) is 0 Å². The highest BCUT2D eigenvalue weighted by Gasteiger charge is 2.37. The minimum atomic E-state index is 0.0254. The fraction of sp³-hybridized carbons (Fsp3) is 0.444. The van der Waals surface area contributed by atoms with Crippen LogP contribution in [0.1, 0.15) is 23.2 Å². The van der Waals surface area contributed by atoms with E-state index in [2.05, 4.69) is 31.2 Å². The molecule has 3 aromatic heterocycles. The third kappa shape index (κ3) is 3.25. The Hall–Kier alpha value is -2.58. The number of aliphatic hydroxyl groups excluding tert-OH is 1. The SMILES string of the molecule is Cc1cc(CN2CC(CO)C(c3nc(-c4ccncc4)no3)C2)n(C)n1. The predicted octanol–water partition coefficient (Wildman–Crippen LogP) is 1.38. The molecular weight excluding hydrogens is 332 g/mol. The van der Waals surface area contributed by atoms with Crippen LogP contribution in [-0.2, 0) is 13.6 Å². The van der Waals surface area contributed by atoms with Crippen LogP contribution in [0.3, 0.4) is 0 Å². The second-order valence-electron chi connectivity index (χ2n) is 6.84. The smallest absolute Gasteiger partial charge is 0.231 e. The maximum absolute atomic E-state index is 9.82. The molecule has 4 heterocycles. The van der Waals surface area contributed by atoms with Gasteiger partial charge in [-0.3, -0.25) is 14.6 Å². The normalized spacial score (nSPS) is 20.7. The molecule has 0 aromatic carbocycles. The Morgan fingerprint density at radius 1 is 1.27 bits per heavy atom. The molecule has 26 heavy (non-hydrogen) atoms. The van der Waals surface area contributed by atoms with E-state index in [0.717, 1.165) is 36.6 Å². The quantitative estimate of drug-likeness (QED) is 0.740. The van der Waals surface area contributed by atoms with Crippen LogP contribution in [-0.4, -0.2) is 54.6 Å². The molecule has 0 saturated carbocycles. The molecule has 1 N–H and O–H groups in total. The van der Waals surface area contributed by atoms with Crippen LogP contribution in [0.15, 0.2) is 35.1 Å². The van der Waals surface area contributed by atoms with Gasteiger partial charge in [0.2, 0.25) is 11.7 Å². The summed E-state index contributed by atoms with van der Waals surface area (Å²) in [5.41, 5.74) is 3.04. The molecule has 0 aliphatic carbocycles. The van der Waals surface area contributed by atoms with Gasteiger partial charge >= 0.3 is 0 Å². The van der Waals surface area contributed by atoms with E-state index < -0.39 is 0 Å². The fourth-order valence-electron chi connectivity index (χ4n) is 3.60. The molecule has 0 spiro atoms. The Kier molecular flexibility index (Phi) is 4.52. The molecule has 4 rings (SSSR count). The highest BCUT2D eigenvalue weighted by Crippen LogP contribution is 2.33. The molecule has 2 atom stereocenters. The number of pyridine rings is 1. The monoisotopic (exact) mass is 354 g/mol. The molecule has 136 valence electrons. The highest BCUT2D eigenvalue weighted by molar-refractivity contribution is 5.52. The number of likely N-dealkylation sites (tertiary alicyclic amines) is 1. The van der Waals surface area contributed by atoms with Gasteiger partial charge in [-0.05, 0) is 25.1 Å². The summed E-state index contributed by atoms with van der Waals surface area (Å²) in [6.07, 6.45) is 3.41. The van der Waals surface area contributed by atoms with E-state index in [9.17, 15) is 5.11 Å². The summed E-state index contributed by atoms with van der Waals surface area (Å²) in [4.78, 5) is 10.9. The zero-order chi connectivity index (χ0) is 18.1. The number of rotatable bonds is 5. The summed E-state index contributed by atoms with van der Waals surface area (Å²) in [6, 6.07) is 5.79. The van der Waals surface area contributed by atoms with Crippen molar-refractivity contribution < 1.29 is 9.63 Å². The van der Waals surface area contributed by atoms with Crippen LogP contribution >= 0.6 is 0 Å². The zero-order valence-corrected chi connectivity index (χ0v) is 14.9. The first-order chi connectivity index (χ1) is 12.6. The van der Waals surface area contributed by atoms with E-state index in [4.69, 9.17) is 4.52 Å². The number of aromatic nitrogens is 5. The van der Waals surface area contributed by atoms with Gasteiger partial charge in [0.05, 0.1) is 17.3 Å². The minimum absolute atomic E-state index is 0.0254. The van der Waals surface area contributed by atoms with E-state index in [1.165, 1.54) is 0 Å². The van der Waals surface area contributed by atoms with Gasteiger partial charge < -0.3 is 9.63 Å². The Labute approximate surface area is 151 Å². The number of hydrogen-bond acceptors (Lipinski definition) is 7. The van der Waals surface area contributed by atoms with Gasteiger partial charge in [0.15, 0.2) is 0 Å². The van der Waals surface area contributed by atoms with Gasteiger partial charge in [-0.2, -0.15) is 10.1 Å². The van der Waals surface area contributed by atoms with E-state index in [0.29, 0.717) is 11.7 Å². The van der Waals surface area contributed by atoms with Crippen molar-refractivity contribution in [2.75, 3.05) is 19.7 Å². The molecule has 2 unspecified atom stereocenters. The van der Waals surface area contributed by atoms with Gasteiger partial charge in [-0.15, -0.1) is 0 Å². The van der Waals surface area contributed by atoms with Crippen molar-refractivity contribution in [2.45, 2.75) is 19.4 Å². The summed E-state index contributed by atoms with van der Waals surface area (Å²) in [5, 5.41) is 18.3. The summed E-state index contributed by atoms with van der Waals surface area (Å²) in [7, 11) is 1.96. The Bertz CT molecular complexity index is 875. The summed E-state index contributed by atoms with van der Waals surface area (Å²) < 4.78 is 7.43. The summed E-state index contributed by atoms with van der Waals surface area (Å²) in [6.45, 7) is 4.44. The van der Waals surface area contributed by atoms with Crippen molar-refractivity contribution in [3.8, 4) is 11.4 Å². The van der Waals surface area contributed by atoms with Gasteiger partial charge in [-0.25, -0.2) is 0 Å². The number of aryl methyl sites for hydroxylation is 2. The van der Waals surface area contributed by atoms with Crippen molar-refractivity contribution in [1.82, 2.24) is 29.8 Å². The predicted molar refractivity (Wildman–Crippen MR) is 94.1 cm³/mol. The molecule has 8 heteroatoms. The average Bonchev–Trinajstić information content (AvgIpc) is 3.35. The van der Waals surface area contributed by atoms with E-state index >= 15 is 0 Å². The van der Waals surface area contributed by atoms with Crippen molar-refractivity contribution in [3.63, 3.8) is 0 Å². The average molecular weight is 354 g/mol. The lowest BCUT2D eigenvalue weighted by Gasteiger charge is -2.15. The van der Waals surface area contributed by atoms with E-state index in [-0.39, 0.29) is 18.4 Å². The third-order valence-corrected chi connectivity index (χ3v) is 4.93. The maximum Gasteiger partial charge on any atom is 0.231 e. The Morgan fingerprint density at radius 2 is 2.08 bits per heavy atom. The van der Waals surface area contributed by atoms with Crippen molar-refractivity contribution in [3.05, 3.63) is 47.9 Å². The standard InChI is InChI=1S/C18H22N6O2/c1-12-7-15(23(2)21-12)9-24-8-14(11-25)16(10-24)18-20-17(22-26-18)13-3-5-19-6-4-13/h3-7,14,16,25H,8-11H2,1-2H3. The van der Waals surface area contributed by atoms with Crippen molar-refractivity contribution >= 4 is 0 Å². The fourth-order valence-corrected chi connectivity index (χ4v) is 3.60. The van der Waals surface area contributed by atoms with Gasteiger partial charge in [-0.1, -0.05) is 5.16 Å². The summed E-state index contributed by atoms with van der Waals surface area (Å²) in [5.74, 6) is 1.24. The molecular formula is C18H22N6O2. The second kappa shape index (κ2) is 6.97. The maximum atomic E-state index is 9.82. The number of nitrogens with zero attached hydrogens (tertiary/aromatic N) is 6. The molecule has 8 nitrogen and oxygen atoms in total. The Morgan fingerprint density at radius 3 is 2.77 bits per heavy atom. The lowest BCUT2D eigenvalue weighted by atomic mass is 9.97. The largest absolute Gasteiger partial charge is 0.396 e. The first kappa shape index (κ1) is 16.9. The Balaban J connectivity index is 1.51. The van der Waals surface area contributed by atoms with Crippen molar-refractivity contribution in [2.24, 2.45) is 13.0 Å². The van der Waals surface area contributed by atoms with Crippen LogP contribution in [0.5, 0.6) is 0 Å². The molecule has 1 saturated heterocycles. The van der Waals surface area contributed by atoms with Crippen LogP contribution in [0.4, 0.5) is 0 Å². The molecule has 0 amide bonds. The van der Waals surface area contributed by atoms with E-state index in [1.807, 2.05) is 30.8 Å². The van der Waals surface area contributed by atoms with Crippen LogP contribution < -0.4 is 0 Å². The molecule has 3 aromatic rings. The minimum Gasteiger partial charge on any atom is -0.396 e. The second-order valence-corrected chi connectivity index (χ2v) is 6.84.